The average Bonchev–Trinajstić information content (AvgIpc) is 3.17. The summed E-state index contributed by atoms with van der Waals surface area (Å²) in [4.78, 5) is 19.3. The number of hydrogen-bond donors (Lipinski definition) is 0. The first-order valence-corrected chi connectivity index (χ1v) is 9.47. The van der Waals surface area contributed by atoms with Crippen LogP contribution in [0.2, 0.25) is 5.02 Å². The first-order chi connectivity index (χ1) is 13.1. The molecule has 5 nitrogen and oxygen atoms in total. The summed E-state index contributed by atoms with van der Waals surface area (Å²) in [5.41, 5.74) is 2.20. The van der Waals surface area contributed by atoms with Gasteiger partial charge in [-0.15, -0.1) is 0 Å². The first-order valence-electron chi connectivity index (χ1n) is 9.09. The maximum atomic E-state index is 13.1. The van der Waals surface area contributed by atoms with Crippen molar-refractivity contribution in [2.75, 3.05) is 4.90 Å². The summed E-state index contributed by atoms with van der Waals surface area (Å²) in [7, 11) is 0. The van der Waals surface area contributed by atoms with E-state index in [9.17, 15) is 4.79 Å². The number of rotatable bonds is 3. The third-order valence-corrected chi connectivity index (χ3v) is 5.25. The standard InChI is InChI=1S/C21H21ClN4O/c1-14(2)20(27)25-18(16-8-10-17(22)11-9-16)12-19(15-6-4-3-5-7-15)26-21(25)23-13-24-26/h3-11,13-14,18-19H,12H2,1-2H3/t18-,19+/m1/s1. The highest BCUT2D eigenvalue weighted by molar-refractivity contribution is 6.30. The second-order valence-corrected chi connectivity index (χ2v) is 7.53. The van der Waals surface area contributed by atoms with E-state index >= 15 is 0 Å². The third kappa shape index (κ3) is 3.23. The Kier molecular flexibility index (Phi) is 4.70. The maximum Gasteiger partial charge on any atom is 0.232 e. The molecule has 1 aromatic heterocycles. The topological polar surface area (TPSA) is 51.0 Å². The Bertz CT molecular complexity index is 936. The molecule has 0 aliphatic carbocycles. The molecule has 3 aromatic rings. The van der Waals surface area contributed by atoms with E-state index in [4.69, 9.17) is 11.6 Å². The molecule has 27 heavy (non-hydrogen) atoms. The lowest BCUT2D eigenvalue weighted by Gasteiger charge is -2.39. The van der Waals surface area contributed by atoms with Crippen molar-refractivity contribution in [2.45, 2.75) is 32.4 Å². The summed E-state index contributed by atoms with van der Waals surface area (Å²) in [5.74, 6) is 0.489. The third-order valence-electron chi connectivity index (χ3n) is 4.99. The second kappa shape index (κ2) is 7.16. The summed E-state index contributed by atoms with van der Waals surface area (Å²) in [6.45, 7) is 3.82. The highest BCUT2D eigenvalue weighted by Crippen LogP contribution is 2.42. The molecule has 0 radical (unpaired) electrons. The van der Waals surface area contributed by atoms with Gasteiger partial charge in [0, 0.05) is 10.9 Å². The van der Waals surface area contributed by atoms with Crippen LogP contribution in [0, 0.1) is 5.92 Å². The van der Waals surface area contributed by atoms with Crippen LogP contribution >= 0.6 is 11.6 Å². The maximum absolute atomic E-state index is 13.1. The van der Waals surface area contributed by atoms with Crippen molar-refractivity contribution in [3.63, 3.8) is 0 Å². The summed E-state index contributed by atoms with van der Waals surface area (Å²) in [5, 5.41) is 5.12. The zero-order chi connectivity index (χ0) is 19.0. The number of nitrogens with zero attached hydrogens (tertiary/aromatic N) is 4. The number of benzene rings is 2. The van der Waals surface area contributed by atoms with Crippen molar-refractivity contribution in [3.8, 4) is 0 Å². The van der Waals surface area contributed by atoms with Gasteiger partial charge < -0.3 is 0 Å². The molecule has 6 heteroatoms. The van der Waals surface area contributed by atoms with Crippen LogP contribution in [0.15, 0.2) is 60.9 Å². The molecule has 0 bridgehead atoms. The summed E-state index contributed by atoms with van der Waals surface area (Å²) < 4.78 is 1.86. The van der Waals surface area contributed by atoms with E-state index < -0.39 is 0 Å². The minimum absolute atomic E-state index is 0.0144. The number of halogens is 1. The van der Waals surface area contributed by atoms with E-state index in [1.807, 2.05) is 61.0 Å². The van der Waals surface area contributed by atoms with Gasteiger partial charge in [-0.25, -0.2) is 4.68 Å². The molecule has 1 aliphatic rings. The largest absolute Gasteiger partial charge is 0.274 e. The van der Waals surface area contributed by atoms with Crippen molar-refractivity contribution >= 4 is 23.5 Å². The summed E-state index contributed by atoms with van der Waals surface area (Å²) in [6, 6.07) is 17.8. The Labute approximate surface area is 163 Å². The number of amides is 1. The quantitative estimate of drug-likeness (QED) is 0.664. The highest BCUT2D eigenvalue weighted by atomic mass is 35.5. The summed E-state index contributed by atoms with van der Waals surface area (Å²) in [6.07, 6.45) is 2.25. The Morgan fingerprint density at radius 1 is 1.04 bits per heavy atom. The lowest BCUT2D eigenvalue weighted by Crippen LogP contribution is -2.44. The van der Waals surface area contributed by atoms with Gasteiger partial charge in [-0.2, -0.15) is 10.1 Å². The Morgan fingerprint density at radius 3 is 2.37 bits per heavy atom. The fraction of sp³-hybridized carbons (Fsp3) is 0.286. The second-order valence-electron chi connectivity index (χ2n) is 7.10. The van der Waals surface area contributed by atoms with E-state index in [1.165, 1.54) is 6.33 Å². The predicted molar refractivity (Wildman–Crippen MR) is 106 cm³/mol. The normalized spacial score (nSPS) is 19.2. The van der Waals surface area contributed by atoms with Crippen LogP contribution in [0.3, 0.4) is 0 Å². The van der Waals surface area contributed by atoms with Crippen LogP contribution < -0.4 is 4.90 Å². The van der Waals surface area contributed by atoms with Gasteiger partial charge in [0.15, 0.2) is 0 Å². The lowest BCUT2D eigenvalue weighted by molar-refractivity contribution is -0.122. The Hall–Kier alpha value is -2.66. The Balaban J connectivity index is 1.85. The molecule has 0 saturated heterocycles. The van der Waals surface area contributed by atoms with Gasteiger partial charge in [0.1, 0.15) is 6.33 Å². The van der Waals surface area contributed by atoms with Crippen molar-refractivity contribution in [1.29, 1.82) is 0 Å². The van der Waals surface area contributed by atoms with Crippen molar-refractivity contribution in [1.82, 2.24) is 14.8 Å². The number of anilines is 1. The van der Waals surface area contributed by atoms with Crippen LogP contribution in [0.4, 0.5) is 5.95 Å². The van der Waals surface area contributed by atoms with Gasteiger partial charge in [0.2, 0.25) is 11.9 Å². The van der Waals surface area contributed by atoms with E-state index in [0.29, 0.717) is 11.0 Å². The van der Waals surface area contributed by atoms with Crippen LogP contribution in [-0.2, 0) is 4.79 Å². The monoisotopic (exact) mass is 380 g/mol. The SMILES string of the molecule is CC(C)C(=O)N1c2ncnn2[C@H](c2ccccc2)C[C@@H]1c1ccc(Cl)cc1. The van der Waals surface area contributed by atoms with Crippen LogP contribution in [0.25, 0.3) is 0 Å². The number of hydrogen-bond acceptors (Lipinski definition) is 3. The fourth-order valence-corrected chi connectivity index (χ4v) is 3.77. The molecule has 1 amide bonds. The lowest BCUT2D eigenvalue weighted by atomic mass is 9.91. The van der Waals surface area contributed by atoms with Crippen LogP contribution in [-0.4, -0.2) is 20.7 Å². The number of fused-ring (bicyclic) bond motifs is 1. The Morgan fingerprint density at radius 2 is 1.70 bits per heavy atom. The molecule has 4 rings (SSSR count). The van der Waals surface area contributed by atoms with E-state index in [0.717, 1.165) is 17.5 Å². The average molecular weight is 381 g/mol. The molecule has 0 spiro atoms. The molecule has 0 saturated carbocycles. The van der Waals surface area contributed by atoms with Gasteiger partial charge in [-0.05, 0) is 29.7 Å². The smallest absolute Gasteiger partial charge is 0.232 e. The number of aromatic nitrogens is 3. The molecular weight excluding hydrogens is 360 g/mol. The van der Waals surface area contributed by atoms with Crippen LogP contribution in [0.1, 0.15) is 43.5 Å². The van der Waals surface area contributed by atoms with Gasteiger partial charge in [0.25, 0.3) is 0 Å². The minimum atomic E-state index is -0.141. The van der Waals surface area contributed by atoms with Gasteiger partial charge in [-0.3, -0.25) is 9.69 Å². The molecule has 138 valence electrons. The fourth-order valence-electron chi connectivity index (χ4n) is 3.65. The van der Waals surface area contributed by atoms with Gasteiger partial charge in [-0.1, -0.05) is 67.9 Å². The molecular formula is C21H21ClN4O. The number of carbonyl (C=O) groups is 1. The molecule has 0 fully saturated rings. The van der Waals surface area contributed by atoms with Crippen molar-refractivity contribution in [3.05, 3.63) is 77.1 Å². The van der Waals surface area contributed by atoms with Gasteiger partial charge in [0.05, 0.1) is 12.1 Å². The van der Waals surface area contributed by atoms with E-state index in [-0.39, 0.29) is 23.9 Å². The first kappa shape index (κ1) is 17.7. The van der Waals surface area contributed by atoms with Crippen molar-refractivity contribution in [2.24, 2.45) is 5.92 Å². The zero-order valence-electron chi connectivity index (χ0n) is 15.3. The van der Waals surface area contributed by atoms with E-state index in [2.05, 4.69) is 22.2 Å². The molecule has 0 unspecified atom stereocenters. The molecule has 2 atom stereocenters. The molecule has 0 N–H and O–H groups in total. The van der Waals surface area contributed by atoms with Crippen LogP contribution in [0.5, 0.6) is 0 Å². The summed E-state index contributed by atoms with van der Waals surface area (Å²) >= 11 is 6.08. The van der Waals surface area contributed by atoms with Gasteiger partial charge >= 0.3 is 0 Å². The van der Waals surface area contributed by atoms with E-state index in [1.54, 1.807) is 4.90 Å². The number of carbonyl (C=O) groups excluding carboxylic acids is 1. The highest BCUT2D eigenvalue weighted by Gasteiger charge is 2.39. The molecule has 2 aromatic carbocycles. The molecule has 1 aliphatic heterocycles. The minimum Gasteiger partial charge on any atom is -0.274 e. The zero-order valence-corrected chi connectivity index (χ0v) is 16.0. The van der Waals surface area contributed by atoms with Crippen molar-refractivity contribution < 1.29 is 4.79 Å². The predicted octanol–water partition coefficient (Wildman–Crippen LogP) is 4.65. The molecule has 2 heterocycles.